The number of ether oxygens (including phenoxy) is 1. The molecule has 5 heteroatoms. The minimum absolute atomic E-state index is 0.122. The molecule has 3 unspecified atom stereocenters. The minimum atomic E-state index is -2.82. The Balaban J connectivity index is 1.54. The van der Waals surface area contributed by atoms with Gasteiger partial charge in [-0.3, -0.25) is 4.90 Å². The number of nitrogens with zero attached hydrogens (tertiary/aromatic N) is 1. The van der Waals surface area contributed by atoms with E-state index in [1.165, 1.54) is 31.4 Å². The van der Waals surface area contributed by atoms with Crippen LogP contribution in [0.4, 0.5) is 8.78 Å². The maximum Gasteiger partial charge on any atom is 0.387 e. The fourth-order valence-electron chi connectivity index (χ4n) is 3.70. The van der Waals surface area contributed by atoms with Crippen LogP contribution in [0, 0.1) is 11.8 Å². The number of alkyl halides is 2. The third-order valence-electron chi connectivity index (χ3n) is 4.72. The van der Waals surface area contributed by atoms with Gasteiger partial charge >= 0.3 is 6.61 Å². The molecule has 0 radical (unpaired) electrons. The smallest absolute Gasteiger partial charge is 0.387 e. The van der Waals surface area contributed by atoms with E-state index in [1.54, 1.807) is 12.1 Å². The quantitative estimate of drug-likeness (QED) is 0.906. The van der Waals surface area contributed by atoms with E-state index in [9.17, 15) is 13.9 Å². The Kier molecular flexibility index (Phi) is 4.40. The number of halogens is 2. The van der Waals surface area contributed by atoms with Gasteiger partial charge in [-0.2, -0.15) is 8.78 Å². The standard InChI is InChI=1S/C16H21F2NO2/c17-16(18)21-14-6-4-11(5-7-14)15(20)10-19-8-12-2-1-3-13(12)9-19/h4-7,12-13,15-16,20H,1-3,8-10H2. The van der Waals surface area contributed by atoms with Crippen molar-refractivity contribution < 1.29 is 18.6 Å². The Morgan fingerprint density at radius 3 is 2.33 bits per heavy atom. The van der Waals surface area contributed by atoms with E-state index in [1.807, 2.05) is 0 Å². The Labute approximate surface area is 123 Å². The molecule has 1 aliphatic carbocycles. The second-order valence-electron chi connectivity index (χ2n) is 6.13. The second-order valence-corrected chi connectivity index (χ2v) is 6.13. The van der Waals surface area contributed by atoms with Crippen LogP contribution in [0.15, 0.2) is 24.3 Å². The van der Waals surface area contributed by atoms with Crippen LogP contribution in [-0.4, -0.2) is 36.3 Å². The average molecular weight is 297 g/mol. The van der Waals surface area contributed by atoms with Crippen molar-refractivity contribution in [3.63, 3.8) is 0 Å². The van der Waals surface area contributed by atoms with Crippen LogP contribution in [0.1, 0.15) is 30.9 Å². The molecule has 1 aromatic carbocycles. The number of likely N-dealkylation sites (tertiary alicyclic amines) is 1. The molecular weight excluding hydrogens is 276 g/mol. The van der Waals surface area contributed by atoms with Crippen molar-refractivity contribution in [2.24, 2.45) is 11.8 Å². The Morgan fingerprint density at radius 2 is 1.76 bits per heavy atom. The van der Waals surface area contributed by atoms with E-state index in [-0.39, 0.29) is 5.75 Å². The number of rotatable bonds is 5. The molecule has 1 heterocycles. The Morgan fingerprint density at radius 1 is 1.14 bits per heavy atom. The Bertz CT molecular complexity index is 454. The van der Waals surface area contributed by atoms with Crippen molar-refractivity contribution >= 4 is 0 Å². The topological polar surface area (TPSA) is 32.7 Å². The van der Waals surface area contributed by atoms with Crippen molar-refractivity contribution in [2.45, 2.75) is 32.0 Å². The summed E-state index contributed by atoms with van der Waals surface area (Å²) in [6, 6.07) is 6.26. The average Bonchev–Trinajstić information content (AvgIpc) is 2.99. The maximum absolute atomic E-state index is 12.1. The molecule has 2 fully saturated rings. The molecule has 1 N–H and O–H groups in total. The van der Waals surface area contributed by atoms with Crippen LogP contribution in [0.3, 0.4) is 0 Å². The number of hydrogen-bond acceptors (Lipinski definition) is 3. The molecule has 3 rings (SSSR count). The number of aliphatic hydroxyl groups excluding tert-OH is 1. The highest BCUT2D eigenvalue weighted by molar-refractivity contribution is 5.28. The Hall–Kier alpha value is -1.20. The number of aliphatic hydroxyl groups is 1. The zero-order valence-corrected chi connectivity index (χ0v) is 11.9. The fourth-order valence-corrected chi connectivity index (χ4v) is 3.70. The molecule has 1 aromatic rings. The molecule has 0 aromatic heterocycles. The van der Waals surface area contributed by atoms with Crippen molar-refractivity contribution in [1.29, 1.82) is 0 Å². The lowest BCUT2D eigenvalue weighted by molar-refractivity contribution is -0.0498. The fraction of sp³-hybridized carbons (Fsp3) is 0.625. The number of β-amino-alcohol motifs (C(OH)–C–C–N with tert-alkyl or cyclic N) is 1. The zero-order valence-electron chi connectivity index (χ0n) is 11.9. The van der Waals surface area contributed by atoms with Gasteiger partial charge in [0.1, 0.15) is 5.75 Å². The first-order valence-corrected chi connectivity index (χ1v) is 7.57. The summed E-state index contributed by atoms with van der Waals surface area (Å²) >= 11 is 0. The molecule has 116 valence electrons. The number of hydrogen-bond donors (Lipinski definition) is 1. The van der Waals surface area contributed by atoms with Crippen LogP contribution >= 0.6 is 0 Å². The molecular formula is C16H21F2NO2. The third kappa shape index (κ3) is 3.52. The van der Waals surface area contributed by atoms with Crippen LogP contribution < -0.4 is 4.74 Å². The lowest BCUT2D eigenvalue weighted by Crippen LogP contribution is -2.27. The molecule has 2 aliphatic rings. The summed E-state index contributed by atoms with van der Waals surface area (Å²) in [4.78, 5) is 2.32. The summed E-state index contributed by atoms with van der Waals surface area (Å²) in [5, 5.41) is 10.3. The molecule has 1 aliphatic heterocycles. The first kappa shape index (κ1) is 14.7. The van der Waals surface area contributed by atoms with E-state index in [0.717, 1.165) is 30.5 Å². The van der Waals surface area contributed by atoms with E-state index < -0.39 is 12.7 Å². The summed E-state index contributed by atoms with van der Waals surface area (Å²) in [7, 11) is 0. The zero-order chi connectivity index (χ0) is 14.8. The summed E-state index contributed by atoms with van der Waals surface area (Å²) in [5.41, 5.74) is 0.744. The van der Waals surface area contributed by atoms with E-state index in [4.69, 9.17) is 0 Å². The normalized spacial score (nSPS) is 27.0. The van der Waals surface area contributed by atoms with E-state index in [0.29, 0.717) is 6.54 Å². The largest absolute Gasteiger partial charge is 0.435 e. The van der Waals surface area contributed by atoms with Crippen LogP contribution in [0.25, 0.3) is 0 Å². The predicted octanol–water partition coefficient (Wildman–Crippen LogP) is 3.05. The van der Waals surface area contributed by atoms with Gasteiger partial charge in [-0.1, -0.05) is 18.6 Å². The van der Waals surface area contributed by atoms with Gasteiger partial charge in [0, 0.05) is 19.6 Å². The van der Waals surface area contributed by atoms with Gasteiger partial charge in [0.05, 0.1) is 6.10 Å². The highest BCUT2D eigenvalue weighted by Gasteiger charge is 2.36. The van der Waals surface area contributed by atoms with Gasteiger partial charge < -0.3 is 9.84 Å². The van der Waals surface area contributed by atoms with Gasteiger partial charge in [0.2, 0.25) is 0 Å². The van der Waals surface area contributed by atoms with Crippen LogP contribution in [0.2, 0.25) is 0 Å². The predicted molar refractivity (Wildman–Crippen MR) is 75.3 cm³/mol. The van der Waals surface area contributed by atoms with Gasteiger partial charge in [-0.05, 0) is 42.4 Å². The number of benzene rings is 1. The van der Waals surface area contributed by atoms with Gasteiger partial charge in [0.15, 0.2) is 0 Å². The lowest BCUT2D eigenvalue weighted by Gasteiger charge is -2.21. The van der Waals surface area contributed by atoms with Crippen LogP contribution in [-0.2, 0) is 0 Å². The second kappa shape index (κ2) is 6.28. The first-order valence-electron chi connectivity index (χ1n) is 7.57. The number of fused-ring (bicyclic) bond motifs is 1. The molecule has 3 atom stereocenters. The summed E-state index contributed by atoms with van der Waals surface area (Å²) in [5.74, 6) is 1.73. The molecule has 21 heavy (non-hydrogen) atoms. The highest BCUT2D eigenvalue weighted by Crippen LogP contribution is 2.38. The van der Waals surface area contributed by atoms with Crippen molar-refractivity contribution in [1.82, 2.24) is 4.90 Å². The van der Waals surface area contributed by atoms with Crippen molar-refractivity contribution in [3.05, 3.63) is 29.8 Å². The van der Waals surface area contributed by atoms with Crippen molar-refractivity contribution in [3.8, 4) is 5.75 Å². The molecule has 0 bridgehead atoms. The maximum atomic E-state index is 12.1. The van der Waals surface area contributed by atoms with Gasteiger partial charge in [-0.25, -0.2) is 0 Å². The molecule has 3 nitrogen and oxygen atoms in total. The molecule has 1 saturated heterocycles. The van der Waals surface area contributed by atoms with Crippen molar-refractivity contribution in [2.75, 3.05) is 19.6 Å². The highest BCUT2D eigenvalue weighted by atomic mass is 19.3. The van der Waals surface area contributed by atoms with E-state index >= 15 is 0 Å². The first-order chi connectivity index (χ1) is 10.1. The molecule has 0 spiro atoms. The minimum Gasteiger partial charge on any atom is -0.435 e. The monoisotopic (exact) mass is 297 g/mol. The van der Waals surface area contributed by atoms with Crippen LogP contribution in [0.5, 0.6) is 5.75 Å². The SMILES string of the molecule is OC(CN1CC2CCCC2C1)c1ccc(OC(F)F)cc1. The molecule has 0 amide bonds. The van der Waals surface area contributed by atoms with Gasteiger partial charge in [-0.15, -0.1) is 0 Å². The lowest BCUT2D eigenvalue weighted by atomic mass is 10.0. The summed E-state index contributed by atoms with van der Waals surface area (Å²) in [6.45, 7) is -0.0465. The van der Waals surface area contributed by atoms with E-state index in [2.05, 4.69) is 9.64 Å². The molecule has 1 saturated carbocycles. The summed E-state index contributed by atoms with van der Waals surface area (Å²) < 4.78 is 28.5. The third-order valence-corrected chi connectivity index (χ3v) is 4.72. The summed E-state index contributed by atoms with van der Waals surface area (Å²) in [6.07, 6.45) is 3.40. The van der Waals surface area contributed by atoms with Gasteiger partial charge in [0.25, 0.3) is 0 Å².